The lowest BCUT2D eigenvalue weighted by atomic mass is 10.1. The summed E-state index contributed by atoms with van der Waals surface area (Å²) in [6.07, 6.45) is 5.64. The molecular formula is C22H30N4O2. The number of hydrogen-bond donors (Lipinski definition) is 1. The molecule has 0 saturated carbocycles. The van der Waals surface area contributed by atoms with Gasteiger partial charge in [-0.05, 0) is 49.1 Å². The molecule has 1 aromatic heterocycles. The Morgan fingerprint density at radius 3 is 2.71 bits per heavy atom. The van der Waals surface area contributed by atoms with Crippen LogP contribution in [0.3, 0.4) is 0 Å². The second-order valence-electron chi connectivity index (χ2n) is 7.23. The van der Waals surface area contributed by atoms with Gasteiger partial charge in [-0.2, -0.15) is 0 Å². The third-order valence-corrected chi connectivity index (χ3v) is 5.18. The Labute approximate surface area is 167 Å². The quantitative estimate of drug-likeness (QED) is 0.796. The van der Waals surface area contributed by atoms with Gasteiger partial charge in [0.25, 0.3) is 0 Å². The van der Waals surface area contributed by atoms with Gasteiger partial charge in [0, 0.05) is 50.8 Å². The van der Waals surface area contributed by atoms with Gasteiger partial charge in [-0.3, -0.25) is 14.7 Å². The smallest absolute Gasteiger partial charge is 0.234 e. The number of pyridine rings is 1. The number of carbonyl (C=O) groups is 1. The van der Waals surface area contributed by atoms with Crippen LogP contribution in [0.4, 0.5) is 5.69 Å². The van der Waals surface area contributed by atoms with Gasteiger partial charge in [-0.25, -0.2) is 0 Å². The first kappa shape index (κ1) is 20.1. The number of ether oxygens (including phenoxy) is 1. The van der Waals surface area contributed by atoms with E-state index in [2.05, 4.69) is 33.1 Å². The van der Waals surface area contributed by atoms with Crippen LogP contribution in [0.15, 0.2) is 42.7 Å². The van der Waals surface area contributed by atoms with Gasteiger partial charge in [0.05, 0.1) is 13.7 Å². The van der Waals surface area contributed by atoms with E-state index in [1.165, 1.54) is 16.8 Å². The van der Waals surface area contributed by atoms with Crippen LogP contribution in [0, 0.1) is 6.92 Å². The summed E-state index contributed by atoms with van der Waals surface area (Å²) in [6, 6.07) is 10.1. The number of carbonyl (C=O) groups excluding carboxylic acids is 1. The molecule has 1 fully saturated rings. The molecule has 1 aliphatic heterocycles. The van der Waals surface area contributed by atoms with Crippen molar-refractivity contribution in [3.8, 4) is 5.75 Å². The molecule has 0 bridgehead atoms. The summed E-state index contributed by atoms with van der Waals surface area (Å²) in [5.41, 5.74) is 3.65. The van der Waals surface area contributed by atoms with Gasteiger partial charge in [-0.1, -0.05) is 12.1 Å². The van der Waals surface area contributed by atoms with Gasteiger partial charge in [-0.15, -0.1) is 0 Å². The highest BCUT2D eigenvalue weighted by molar-refractivity contribution is 5.78. The summed E-state index contributed by atoms with van der Waals surface area (Å²) in [6.45, 7) is 7.01. The highest BCUT2D eigenvalue weighted by Crippen LogP contribution is 2.19. The Hall–Kier alpha value is -2.60. The summed E-state index contributed by atoms with van der Waals surface area (Å²) >= 11 is 0. The van der Waals surface area contributed by atoms with Gasteiger partial charge < -0.3 is 15.0 Å². The number of nitrogens with one attached hydrogen (secondary N) is 1. The summed E-state index contributed by atoms with van der Waals surface area (Å²) in [4.78, 5) is 21.2. The maximum atomic E-state index is 12.3. The SMILES string of the molecule is COc1ccc(CCNC(=O)CN2CCCN(c3ccncc3C)CC2)cc1. The largest absolute Gasteiger partial charge is 0.497 e. The predicted octanol–water partition coefficient (Wildman–Crippen LogP) is 2.27. The number of nitrogens with zero attached hydrogens (tertiary/aromatic N) is 3. The van der Waals surface area contributed by atoms with Gasteiger partial charge >= 0.3 is 0 Å². The van der Waals surface area contributed by atoms with Crippen LogP contribution in [0.1, 0.15) is 17.5 Å². The molecule has 6 heteroatoms. The fraction of sp³-hybridized carbons (Fsp3) is 0.455. The molecule has 2 heterocycles. The first-order valence-corrected chi connectivity index (χ1v) is 9.93. The predicted molar refractivity (Wildman–Crippen MR) is 112 cm³/mol. The van der Waals surface area contributed by atoms with Crippen molar-refractivity contribution in [2.24, 2.45) is 0 Å². The van der Waals surface area contributed by atoms with Crippen molar-refractivity contribution in [1.29, 1.82) is 0 Å². The van der Waals surface area contributed by atoms with E-state index in [9.17, 15) is 4.79 Å². The maximum Gasteiger partial charge on any atom is 0.234 e. The number of aryl methyl sites for hydroxylation is 1. The topological polar surface area (TPSA) is 57.7 Å². The summed E-state index contributed by atoms with van der Waals surface area (Å²) in [5.74, 6) is 0.951. The van der Waals surface area contributed by atoms with Crippen LogP contribution < -0.4 is 15.0 Å². The van der Waals surface area contributed by atoms with Crippen molar-refractivity contribution in [2.45, 2.75) is 19.8 Å². The Kier molecular flexibility index (Phi) is 7.25. The Morgan fingerprint density at radius 1 is 1.14 bits per heavy atom. The summed E-state index contributed by atoms with van der Waals surface area (Å²) in [5, 5.41) is 3.05. The molecule has 3 rings (SSSR count). The Balaban J connectivity index is 1.41. The van der Waals surface area contributed by atoms with E-state index in [1.54, 1.807) is 7.11 Å². The first-order valence-electron chi connectivity index (χ1n) is 9.93. The van der Waals surface area contributed by atoms with Crippen LogP contribution in [-0.4, -0.2) is 62.2 Å². The Bertz CT molecular complexity index is 763. The van der Waals surface area contributed by atoms with Crippen LogP contribution in [0.25, 0.3) is 0 Å². The van der Waals surface area contributed by atoms with Crippen LogP contribution in [0.5, 0.6) is 5.75 Å². The van der Waals surface area contributed by atoms with Crippen LogP contribution >= 0.6 is 0 Å². The normalized spacial score (nSPS) is 15.1. The molecule has 1 saturated heterocycles. The summed E-state index contributed by atoms with van der Waals surface area (Å²) < 4.78 is 5.17. The lowest BCUT2D eigenvalue weighted by molar-refractivity contribution is -0.122. The molecule has 0 radical (unpaired) electrons. The minimum Gasteiger partial charge on any atom is -0.497 e. The monoisotopic (exact) mass is 382 g/mol. The second-order valence-corrected chi connectivity index (χ2v) is 7.23. The third kappa shape index (κ3) is 5.70. The van der Waals surface area contributed by atoms with E-state index in [0.717, 1.165) is 44.8 Å². The zero-order valence-corrected chi connectivity index (χ0v) is 16.9. The zero-order chi connectivity index (χ0) is 19.8. The number of hydrogen-bond acceptors (Lipinski definition) is 5. The van der Waals surface area contributed by atoms with Crippen molar-refractivity contribution in [3.05, 3.63) is 53.9 Å². The number of anilines is 1. The van der Waals surface area contributed by atoms with Crippen molar-refractivity contribution in [3.63, 3.8) is 0 Å². The van der Waals surface area contributed by atoms with Crippen LogP contribution in [-0.2, 0) is 11.2 Å². The lowest BCUT2D eigenvalue weighted by Crippen LogP contribution is -2.39. The zero-order valence-electron chi connectivity index (χ0n) is 16.9. The molecule has 2 aromatic rings. The molecule has 1 aromatic carbocycles. The highest BCUT2D eigenvalue weighted by atomic mass is 16.5. The van der Waals surface area contributed by atoms with E-state index in [1.807, 2.05) is 36.7 Å². The Morgan fingerprint density at radius 2 is 1.96 bits per heavy atom. The fourth-order valence-corrected chi connectivity index (χ4v) is 3.59. The van der Waals surface area contributed by atoms with Crippen molar-refractivity contribution >= 4 is 11.6 Å². The average Bonchev–Trinajstić information content (AvgIpc) is 2.94. The fourth-order valence-electron chi connectivity index (χ4n) is 3.59. The van der Waals surface area contributed by atoms with Gasteiger partial charge in [0.2, 0.25) is 5.91 Å². The highest BCUT2D eigenvalue weighted by Gasteiger charge is 2.18. The molecule has 0 spiro atoms. The molecule has 0 atom stereocenters. The molecule has 150 valence electrons. The molecule has 6 nitrogen and oxygen atoms in total. The van der Waals surface area contributed by atoms with E-state index < -0.39 is 0 Å². The third-order valence-electron chi connectivity index (χ3n) is 5.18. The minimum absolute atomic E-state index is 0.0991. The lowest BCUT2D eigenvalue weighted by Gasteiger charge is -2.24. The first-order chi connectivity index (χ1) is 13.7. The molecule has 0 unspecified atom stereocenters. The standard InChI is InChI=1S/C22H30N4O2/c1-18-16-23-10-9-21(18)26-13-3-12-25(14-15-26)17-22(27)24-11-8-19-4-6-20(28-2)7-5-19/h4-7,9-10,16H,3,8,11-15,17H2,1-2H3,(H,24,27). The van der Waals surface area contributed by atoms with Gasteiger partial charge in [0.1, 0.15) is 5.75 Å². The second kappa shape index (κ2) is 10.1. The number of benzene rings is 1. The van der Waals surface area contributed by atoms with E-state index in [-0.39, 0.29) is 5.91 Å². The van der Waals surface area contributed by atoms with Crippen molar-refractivity contribution in [1.82, 2.24) is 15.2 Å². The number of aromatic nitrogens is 1. The van der Waals surface area contributed by atoms with Crippen molar-refractivity contribution in [2.75, 3.05) is 51.3 Å². The van der Waals surface area contributed by atoms with Gasteiger partial charge in [0.15, 0.2) is 0 Å². The molecule has 28 heavy (non-hydrogen) atoms. The maximum absolute atomic E-state index is 12.3. The molecule has 1 amide bonds. The minimum atomic E-state index is 0.0991. The molecule has 0 aliphatic carbocycles. The van der Waals surface area contributed by atoms with Crippen LogP contribution in [0.2, 0.25) is 0 Å². The molecular weight excluding hydrogens is 352 g/mol. The molecule has 1 N–H and O–H groups in total. The van der Waals surface area contributed by atoms with Crippen molar-refractivity contribution < 1.29 is 9.53 Å². The molecule has 1 aliphatic rings. The van der Waals surface area contributed by atoms with E-state index >= 15 is 0 Å². The number of rotatable bonds is 7. The average molecular weight is 383 g/mol. The van der Waals surface area contributed by atoms with E-state index in [0.29, 0.717) is 13.1 Å². The number of methoxy groups -OCH3 is 1. The summed E-state index contributed by atoms with van der Waals surface area (Å²) in [7, 11) is 1.66. The van der Waals surface area contributed by atoms with E-state index in [4.69, 9.17) is 4.74 Å². The number of amides is 1.